The Labute approximate surface area is 125 Å². The minimum Gasteiger partial charge on any atom is -0.496 e. The number of ether oxygens (including phenoxy) is 1. The maximum atomic E-state index is 11.9. The second-order valence-corrected chi connectivity index (χ2v) is 6.33. The molecule has 1 heterocycles. The Bertz CT molecular complexity index is 557. The van der Waals surface area contributed by atoms with Crippen molar-refractivity contribution in [2.75, 3.05) is 20.7 Å². The van der Waals surface area contributed by atoms with E-state index < -0.39 is 0 Å². The molecular formula is C17H23NO3. The minimum atomic E-state index is -0.0156. The summed E-state index contributed by atoms with van der Waals surface area (Å²) in [6.45, 7) is 1.01. The van der Waals surface area contributed by atoms with Crippen molar-refractivity contribution in [2.45, 2.75) is 43.7 Å². The molecule has 2 fully saturated rings. The van der Waals surface area contributed by atoms with E-state index >= 15 is 0 Å². The van der Waals surface area contributed by atoms with Gasteiger partial charge in [-0.05, 0) is 38.1 Å². The SMILES string of the molecule is COc1cc(C23CCC(=O)CC2N(C)CC3)ccc1CO. The third-order valence-corrected chi connectivity index (χ3v) is 5.38. The van der Waals surface area contributed by atoms with E-state index in [4.69, 9.17) is 4.74 Å². The van der Waals surface area contributed by atoms with Crippen molar-refractivity contribution >= 4 is 5.78 Å². The molecule has 3 rings (SSSR count). The molecule has 2 aliphatic rings. The molecule has 4 heteroatoms. The zero-order valence-electron chi connectivity index (χ0n) is 12.8. The van der Waals surface area contributed by atoms with Gasteiger partial charge in [0.25, 0.3) is 0 Å². The highest BCUT2D eigenvalue weighted by atomic mass is 16.5. The molecule has 2 atom stereocenters. The quantitative estimate of drug-likeness (QED) is 0.923. The van der Waals surface area contributed by atoms with E-state index in [0.717, 1.165) is 30.7 Å². The van der Waals surface area contributed by atoms with Crippen LogP contribution in [-0.2, 0) is 16.8 Å². The third kappa shape index (κ3) is 2.27. The summed E-state index contributed by atoms with van der Waals surface area (Å²) in [6, 6.07) is 6.42. The molecular weight excluding hydrogens is 266 g/mol. The Hall–Kier alpha value is -1.39. The topological polar surface area (TPSA) is 49.8 Å². The molecule has 2 unspecified atom stereocenters. The van der Waals surface area contributed by atoms with Crippen LogP contribution in [0.1, 0.15) is 36.8 Å². The van der Waals surface area contributed by atoms with Gasteiger partial charge in [0.1, 0.15) is 11.5 Å². The van der Waals surface area contributed by atoms with Gasteiger partial charge in [-0.2, -0.15) is 0 Å². The fraction of sp³-hybridized carbons (Fsp3) is 0.588. The standard InChI is InChI=1S/C17H23NO3/c1-18-8-7-17(6-5-14(20)10-16(17)18)13-4-3-12(11-19)15(9-13)21-2/h3-4,9,16,19H,5-8,10-11H2,1-2H3. The van der Waals surface area contributed by atoms with E-state index in [1.165, 1.54) is 5.56 Å². The van der Waals surface area contributed by atoms with E-state index in [1.54, 1.807) is 7.11 Å². The largest absolute Gasteiger partial charge is 0.496 e. The van der Waals surface area contributed by atoms with E-state index in [1.807, 2.05) is 6.07 Å². The van der Waals surface area contributed by atoms with Crippen LogP contribution in [0, 0.1) is 0 Å². The van der Waals surface area contributed by atoms with Gasteiger partial charge in [-0.3, -0.25) is 4.79 Å². The predicted molar refractivity (Wildman–Crippen MR) is 80.5 cm³/mol. The molecule has 1 aliphatic heterocycles. The van der Waals surface area contributed by atoms with Crippen molar-refractivity contribution in [1.29, 1.82) is 0 Å². The van der Waals surface area contributed by atoms with E-state index in [2.05, 4.69) is 24.1 Å². The van der Waals surface area contributed by atoms with Crippen molar-refractivity contribution in [3.05, 3.63) is 29.3 Å². The number of hydrogen-bond donors (Lipinski definition) is 1. The fourth-order valence-electron chi connectivity index (χ4n) is 4.11. The average Bonchev–Trinajstić information content (AvgIpc) is 2.85. The molecule has 21 heavy (non-hydrogen) atoms. The van der Waals surface area contributed by atoms with Crippen molar-refractivity contribution in [3.63, 3.8) is 0 Å². The summed E-state index contributed by atoms with van der Waals surface area (Å²) in [4.78, 5) is 14.2. The molecule has 1 N–H and O–H groups in total. The average molecular weight is 289 g/mol. The highest BCUT2D eigenvalue weighted by Crippen LogP contribution is 2.48. The first-order valence-electron chi connectivity index (χ1n) is 7.61. The van der Waals surface area contributed by atoms with Gasteiger partial charge in [-0.1, -0.05) is 12.1 Å². The summed E-state index contributed by atoms with van der Waals surface area (Å²) < 4.78 is 5.42. The maximum absolute atomic E-state index is 11.9. The lowest BCUT2D eigenvalue weighted by Gasteiger charge is -2.41. The maximum Gasteiger partial charge on any atom is 0.134 e. The Kier molecular flexibility index (Phi) is 3.76. The lowest BCUT2D eigenvalue weighted by atomic mass is 9.66. The van der Waals surface area contributed by atoms with E-state index in [-0.39, 0.29) is 12.0 Å². The molecule has 1 saturated heterocycles. The van der Waals surface area contributed by atoms with Crippen LogP contribution in [0.4, 0.5) is 0 Å². The van der Waals surface area contributed by atoms with Gasteiger partial charge < -0.3 is 14.7 Å². The van der Waals surface area contributed by atoms with Crippen LogP contribution in [0.2, 0.25) is 0 Å². The number of hydrogen-bond acceptors (Lipinski definition) is 4. The summed E-state index contributed by atoms with van der Waals surface area (Å²) in [5.41, 5.74) is 2.12. The number of aliphatic hydroxyl groups is 1. The monoisotopic (exact) mass is 289 g/mol. The molecule has 0 spiro atoms. The van der Waals surface area contributed by atoms with Crippen molar-refractivity contribution < 1.29 is 14.6 Å². The Morgan fingerprint density at radius 1 is 1.43 bits per heavy atom. The lowest BCUT2D eigenvalue weighted by Crippen LogP contribution is -2.46. The fourth-order valence-corrected chi connectivity index (χ4v) is 4.11. The number of likely N-dealkylation sites (tertiary alicyclic amines) is 1. The Morgan fingerprint density at radius 3 is 2.95 bits per heavy atom. The zero-order chi connectivity index (χ0) is 15.0. The molecule has 0 bridgehead atoms. The number of rotatable bonds is 3. The summed E-state index contributed by atoms with van der Waals surface area (Å²) in [7, 11) is 3.75. The number of nitrogens with zero attached hydrogens (tertiary/aromatic N) is 1. The number of carbonyl (C=O) groups excluding carboxylic acids is 1. The van der Waals surface area contributed by atoms with Gasteiger partial charge in [-0.15, -0.1) is 0 Å². The number of methoxy groups -OCH3 is 1. The highest BCUT2D eigenvalue weighted by Gasteiger charge is 2.50. The van der Waals surface area contributed by atoms with Crippen molar-refractivity contribution in [2.24, 2.45) is 0 Å². The van der Waals surface area contributed by atoms with Gasteiger partial charge in [0.2, 0.25) is 0 Å². The van der Waals surface area contributed by atoms with E-state index in [0.29, 0.717) is 24.7 Å². The molecule has 0 radical (unpaired) electrons. The number of fused-ring (bicyclic) bond motifs is 1. The number of aliphatic hydroxyl groups excluding tert-OH is 1. The number of likely N-dealkylation sites (N-methyl/N-ethyl adjacent to an activating group) is 1. The van der Waals surface area contributed by atoms with Crippen LogP contribution in [0.25, 0.3) is 0 Å². The van der Waals surface area contributed by atoms with Crippen LogP contribution in [0.15, 0.2) is 18.2 Å². The van der Waals surface area contributed by atoms with Gasteiger partial charge >= 0.3 is 0 Å². The van der Waals surface area contributed by atoms with Crippen LogP contribution in [0.5, 0.6) is 5.75 Å². The first-order valence-corrected chi connectivity index (χ1v) is 7.61. The van der Waals surface area contributed by atoms with Crippen molar-refractivity contribution in [3.8, 4) is 5.75 Å². The Morgan fingerprint density at radius 2 is 2.24 bits per heavy atom. The number of carbonyl (C=O) groups is 1. The van der Waals surface area contributed by atoms with Crippen LogP contribution in [0.3, 0.4) is 0 Å². The molecule has 4 nitrogen and oxygen atoms in total. The van der Waals surface area contributed by atoms with Gasteiger partial charge in [0.15, 0.2) is 0 Å². The predicted octanol–water partition coefficient (Wildman–Crippen LogP) is 1.88. The second kappa shape index (κ2) is 5.43. The first kappa shape index (κ1) is 14.5. The summed E-state index contributed by atoms with van der Waals surface area (Å²) in [5, 5.41) is 9.38. The molecule has 1 aromatic carbocycles. The number of Topliss-reactive ketones (excluding diaryl/α,β-unsaturated/α-hetero) is 1. The van der Waals surface area contributed by atoms with Gasteiger partial charge in [0, 0.05) is 29.9 Å². The van der Waals surface area contributed by atoms with Gasteiger partial charge in [0.05, 0.1) is 13.7 Å². The Balaban J connectivity index is 2.03. The van der Waals surface area contributed by atoms with Crippen molar-refractivity contribution in [1.82, 2.24) is 4.90 Å². The molecule has 0 aromatic heterocycles. The molecule has 1 aliphatic carbocycles. The van der Waals surface area contributed by atoms with Crippen LogP contribution >= 0.6 is 0 Å². The smallest absolute Gasteiger partial charge is 0.134 e. The highest BCUT2D eigenvalue weighted by molar-refractivity contribution is 5.81. The number of ketones is 1. The lowest BCUT2D eigenvalue weighted by molar-refractivity contribution is -0.122. The third-order valence-electron chi connectivity index (χ3n) is 5.38. The van der Waals surface area contributed by atoms with Gasteiger partial charge in [-0.25, -0.2) is 0 Å². The second-order valence-electron chi connectivity index (χ2n) is 6.33. The number of benzene rings is 1. The summed E-state index contributed by atoms with van der Waals surface area (Å²) in [5.74, 6) is 1.12. The molecule has 1 saturated carbocycles. The minimum absolute atomic E-state index is 0.0156. The van der Waals surface area contributed by atoms with Crippen LogP contribution < -0.4 is 4.74 Å². The van der Waals surface area contributed by atoms with Crippen LogP contribution in [-0.4, -0.2) is 42.5 Å². The normalized spacial score (nSPS) is 29.5. The zero-order valence-corrected chi connectivity index (χ0v) is 12.8. The molecule has 0 amide bonds. The summed E-state index contributed by atoms with van der Waals surface area (Å²) in [6.07, 6.45) is 3.33. The molecule has 114 valence electrons. The van der Waals surface area contributed by atoms with E-state index in [9.17, 15) is 9.90 Å². The first-order chi connectivity index (χ1) is 10.1. The molecule has 1 aromatic rings. The summed E-state index contributed by atoms with van der Waals surface area (Å²) >= 11 is 0.